The summed E-state index contributed by atoms with van der Waals surface area (Å²) >= 11 is 0. The van der Waals surface area contributed by atoms with Crippen molar-refractivity contribution in [3.63, 3.8) is 0 Å². The molecule has 1 fully saturated rings. The van der Waals surface area contributed by atoms with Gasteiger partial charge in [-0.25, -0.2) is 5.90 Å². The standard InChI is InChI=1S/C12H17NO7/c13-20-12-10(17)8(15)9(16)11(19-12)18-7-4-2-1-3-6(7)5-14/h1-4,8-12,14-17H,5,13H2/t8-,9-,10+,11-,12-/m1/s1. The average molecular weight is 287 g/mol. The van der Waals surface area contributed by atoms with Gasteiger partial charge in [-0.1, -0.05) is 18.2 Å². The molecule has 1 aromatic rings. The first-order chi connectivity index (χ1) is 9.58. The molecule has 2 rings (SSSR count). The van der Waals surface area contributed by atoms with Gasteiger partial charge in [-0.15, -0.1) is 0 Å². The first-order valence-electron chi connectivity index (χ1n) is 5.99. The van der Waals surface area contributed by atoms with Gasteiger partial charge in [0.05, 0.1) is 6.61 Å². The van der Waals surface area contributed by atoms with Crippen molar-refractivity contribution in [3.8, 4) is 5.75 Å². The number of aliphatic hydroxyl groups is 4. The molecule has 112 valence electrons. The van der Waals surface area contributed by atoms with Crippen LogP contribution in [-0.4, -0.2) is 51.3 Å². The minimum atomic E-state index is -1.54. The molecule has 1 aliphatic rings. The molecule has 1 aliphatic heterocycles. The highest BCUT2D eigenvalue weighted by Gasteiger charge is 2.45. The molecule has 5 atom stereocenters. The fourth-order valence-corrected chi connectivity index (χ4v) is 1.90. The Morgan fingerprint density at radius 2 is 1.70 bits per heavy atom. The lowest BCUT2D eigenvalue weighted by Crippen LogP contribution is -2.60. The molecule has 0 spiro atoms. The van der Waals surface area contributed by atoms with Crippen LogP contribution in [0.1, 0.15) is 5.56 Å². The number of nitrogens with two attached hydrogens (primary N) is 1. The maximum absolute atomic E-state index is 9.83. The molecule has 8 nitrogen and oxygen atoms in total. The fraction of sp³-hybridized carbons (Fsp3) is 0.500. The van der Waals surface area contributed by atoms with Crippen molar-refractivity contribution in [1.29, 1.82) is 0 Å². The summed E-state index contributed by atoms with van der Waals surface area (Å²) in [6.07, 6.45) is -7.16. The Bertz CT molecular complexity index is 442. The quantitative estimate of drug-likeness (QED) is 0.410. The smallest absolute Gasteiger partial charge is 0.231 e. The van der Waals surface area contributed by atoms with E-state index in [1.54, 1.807) is 24.3 Å². The van der Waals surface area contributed by atoms with E-state index in [4.69, 9.17) is 15.4 Å². The Balaban J connectivity index is 2.15. The van der Waals surface area contributed by atoms with E-state index in [0.717, 1.165) is 0 Å². The number of aliphatic hydroxyl groups excluding tert-OH is 4. The molecular weight excluding hydrogens is 270 g/mol. The Labute approximate surface area is 114 Å². The normalized spacial score (nSPS) is 34.0. The molecule has 0 aliphatic carbocycles. The van der Waals surface area contributed by atoms with Crippen molar-refractivity contribution in [3.05, 3.63) is 29.8 Å². The van der Waals surface area contributed by atoms with Crippen LogP contribution in [0.25, 0.3) is 0 Å². The maximum Gasteiger partial charge on any atom is 0.231 e. The van der Waals surface area contributed by atoms with Gasteiger partial charge in [0.15, 0.2) is 0 Å². The van der Waals surface area contributed by atoms with Crippen LogP contribution in [0.5, 0.6) is 5.75 Å². The zero-order chi connectivity index (χ0) is 14.7. The van der Waals surface area contributed by atoms with Crippen LogP contribution in [0.4, 0.5) is 0 Å². The van der Waals surface area contributed by atoms with Crippen LogP contribution < -0.4 is 10.6 Å². The molecule has 0 aromatic heterocycles. The largest absolute Gasteiger partial charge is 0.462 e. The lowest BCUT2D eigenvalue weighted by Gasteiger charge is -2.39. The second kappa shape index (κ2) is 6.46. The highest BCUT2D eigenvalue weighted by atomic mass is 16.8. The number of rotatable bonds is 4. The third-order valence-electron chi connectivity index (χ3n) is 3.05. The van der Waals surface area contributed by atoms with Crippen LogP contribution in [-0.2, 0) is 16.2 Å². The number of hydrogen-bond acceptors (Lipinski definition) is 8. The summed E-state index contributed by atoms with van der Waals surface area (Å²) in [6, 6.07) is 6.58. The number of benzene rings is 1. The predicted octanol–water partition coefficient (Wildman–Crippen LogP) is -1.79. The van der Waals surface area contributed by atoms with Crippen molar-refractivity contribution in [1.82, 2.24) is 0 Å². The van der Waals surface area contributed by atoms with Crippen molar-refractivity contribution in [2.75, 3.05) is 0 Å². The van der Waals surface area contributed by atoms with E-state index in [0.29, 0.717) is 5.56 Å². The van der Waals surface area contributed by atoms with Gasteiger partial charge >= 0.3 is 0 Å². The molecule has 0 bridgehead atoms. The molecular formula is C12H17NO7. The van der Waals surface area contributed by atoms with E-state index < -0.39 is 30.9 Å². The van der Waals surface area contributed by atoms with Crippen molar-refractivity contribution < 1.29 is 34.7 Å². The number of ether oxygens (including phenoxy) is 2. The Kier molecular flexibility index (Phi) is 4.89. The fourth-order valence-electron chi connectivity index (χ4n) is 1.90. The van der Waals surface area contributed by atoms with Gasteiger partial charge in [0.1, 0.15) is 24.1 Å². The van der Waals surface area contributed by atoms with Gasteiger partial charge in [0.2, 0.25) is 12.6 Å². The number of hydrogen-bond donors (Lipinski definition) is 5. The Hall–Kier alpha value is -1.26. The lowest BCUT2D eigenvalue weighted by molar-refractivity contribution is -0.334. The monoisotopic (exact) mass is 287 g/mol. The molecule has 0 radical (unpaired) electrons. The second-order valence-electron chi connectivity index (χ2n) is 4.36. The molecule has 1 heterocycles. The van der Waals surface area contributed by atoms with Crippen LogP contribution in [0.15, 0.2) is 24.3 Å². The molecule has 20 heavy (non-hydrogen) atoms. The molecule has 0 unspecified atom stereocenters. The average Bonchev–Trinajstić information content (AvgIpc) is 2.48. The third kappa shape index (κ3) is 2.91. The Morgan fingerprint density at radius 1 is 1.05 bits per heavy atom. The molecule has 8 heteroatoms. The van der Waals surface area contributed by atoms with Crippen molar-refractivity contribution >= 4 is 0 Å². The molecule has 1 saturated heterocycles. The topological polar surface area (TPSA) is 135 Å². The molecule has 1 aromatic carbocycles. The maximum atomic E-state index is 9.83. The summed E-state index contributed by atoms with van der Waals surface area (Å²) in [4.78, 5) is 4.37. The highest BCUT2D eigenvalue weighted by Crippen LogP contribution is 2.26. The summed E-state index contributed by atoms with van der Waals surface area (Å²) in [5.74, 6) is 5.22. The zero-order valence-corrected chi connectivity index (χ0v) is 10.5. The van der Waals surface area contributed by atoms with Crippen molar-refractivity contribution in [2.24, 2.45) is 5.90 Å². The van der Waals surface area contributed by atoms with Crippen LogP contribution in [0.3, 0.4) is 0 Å². The van der Waals surface area contributed by atoms with Gasteiger partial charge in [0.25, 0.3) is 0 Å². The molecule has 0 saturated carbocycles. The summed E-state index contributed by atoms with van der Waals surface area (Å²) in [5, 5.41) is 38.3. The summed E-state index contributed by atoms with van der Waals surface area (Å²) in [7, 11) is 0. The van der Waals surface area contributed by atoms with Gasteiger partial charge in [0, 0.05) is 5.56 Å². The van der Waals surface area contributed by atoms with Gasteiger partial charge in [-0.2, -0.15) is 0 Å². The summed E-state index contributed by atoms with van der Waals surface area (Å²) in [5.41, 5.74) is 0.481. The van der Waals surface area contributed by atoms with Crippen LogP contribution in [0.2, 0.25) is 0 Å². The van der Waals surface area contributed by atoms with E-state index >= 15 is 0 Å². The molecule has 0 amide bonds. The van der Waals surface area contributed by atoms with Crippen molar-refractivity contribution in [2.45, 2.75) is 37.5 Å². The molecule has 6 N–H and O–H groups in total. The van der Waals surface area contributed by atoms with E-state index in [2.05, 4.69) is 4.84 Å². The summed E-state index contributed by atoms with van der Waals surface area (Å²) in [6.45, 7) is -0.263. The Morgan fingerprint density at radius 3 is 2.35 bits per heavy atom. The first-order valence-corrected chi connectivity index (χ1v) is 5.99. The van der Waals surface area contributed by atoms with Gasteiger partial charge in [-0.3, -0.25) is 4.84 Å². The van der Waals surface area contributed by atoms with E-state index in [-0.39, 0.29) is 12.4 Å². The van der Waals surface area contributed by atoms with Crippen LogP contribution >= 0.6 is 0 Å². The van der Waals surface area contributed by atoms with Gasteiger partial charge < -0.3 is 29.9 Å². The summed E-state index contributed by atoms with van der Waals surface area (Å²) < 4.78 is 10.5. The minimum Gasteiger partial charge on any atom is -0.462 e. The van der Waals surface area contributed by atoms with E-state index in [1.807, 2.05) is 0 Å². The van der Waals surface area contributed by atoms with E-state index in [1.165, 1.54) is 0 Å². The van der Waals surface area contributed by atoms with Gasteiger partial charge in [-0.05, 0) is 6.07 Å². The van der Waals surface area contributed by atoms with E-state index in [9.17, 15) is 20.4 Å². The first kappa shape index (κ1) is 15.1. The third-order valence-corrected chi connectivity index (χ3v) is 3.05. The lowest BCUT2D eigenvalue weighted by atomic mass is 10.0. The van der Waals surface area contributed by atoms with Crippen LogP contribution in [0, 0.1) is 0 Å². The second-order valence-corrected chi connectivity index (χ2v) is 4.36. The minimum absolute atomic E-state index is 0.263. The zero-order valence-electron chi connectivity index (χ0n) is 10.5. The number of para-hydroxylation sites is 1. The predicted molar refractivity (Wildman–Crippen MR) is 64.9 cm³/mol. The highest BCUT2D eigenvalue weighted by molar-refractivity contribution is 5.32. The SMILES string of the molecule is NO[C@H]1O[C@@H](Oc2ccccc2CO)[C@H](O)[C@@H](O)[C@@H]1O.